The van der Waals surface area contributed by atoms with Gasteiger partial charge >= 0.3 is 5.97 Å². The molecule has 3 nitrogen and oxygen atoms in total. The number of thioether (sulfide) groups is 1. The summed E-state index contributed by atoms with van der Waals surface area (Å²) in [7, 11) is 0. The second-order valence-corrected chi connectivity index (χ2v) is 5.12. The van der Waals surface area contributed by atoms with Crippen molar-refractivity contribution in [3.63, 3.8) is 0 Å². The largest absolute Gasteiger partial charge is 0.466 e. The molecule has 0 spiro atoms. The molecular formula is C11H14BrNO2S. The van der Waals surface area contributed by atoms with Gasteiger partial charge in [0, 0.05) is 16.4 Å². The summed E-state index contributed by atoms with van der Waals surface area (Å²) in [5.41, 5.74) is 0. The van der Waals surface area contributed by atoms with Crippen LogP contribution in [0.2, 0.25) is 0 Å². The lowest BCUT2D eigenvalue weighted by molar-refractivity contribution is -0.146. The molecule has 88 valence electrons. The molecule has 0 radical (unpaired) electrons. The van der Waals surface area contributed by atoms with Gasteiger partial charge in [-0.15, -0.1) is 11.8 Å². The van der Waals surface area contributed by atoms with E-state index in [-0.39, 0.29) is 11.9 Å². The Morgan fingerprint density at radius 3 is 3.06 bits per heavy atom. The van der Waals surface area contributed by atoms with Crippen LogP contribution >= 0.6 is 27.7 Å². The predicted molar refractivity (Wildman–Crippen MR) is 68.5 cm³/mol. The molecule has 0 saturated carbocycles. The van der Waals surface area contributed by atoms with E-state index < -0.39 is 0 Å². The van der Waals surface area contributed by atoms with Gasteiger partial charge in [-0.25, -0.2) is 4.98 Å². The number of rotatable bonds is 5. The normalized spacial score (nSPS) is 12.2. The predicted octanol–water partition coefficient (Wildman–Crippen LogP) is 3.14. The summed E-state index contributed by atoms with van der Waals surface area (Å²) in [5, 5.41) is 0.902. The molecule has 0 aliphatic carbocycles. The van der Waals surface area contributed by atoms with Crippen molar-refractivity contribution in [3.05, 3.63) is 22.8 Å². The van der Waals surface area contributed by atoms with Gasteiger partial charge in [-0.3, -0.25) is 4.79 Å². The topological polar surface area (TPSA) is 39.2 Å². The highest BCUT2D eigenvalue weighted by Gasteiger charge is 2.15. The van der Waals surface area contributed by atoms with Crippen LogP contribution in [0.5, 0.6) is 0 Å². The lowest BCUT2D eigenvalue weighted by Gasteiger charge is -2.09. The summed E-state index contributed by atoms with van der Waals surface area (Å²) in [6.07, 6.45) is 1.74. The molecule has 1 atom stereocenters. The number of hydrogen-bond acceptors (Lipinski definition) is 4. The number of carbonyl (C=O) groups is 1. The van der Waals surface area contributed by atoms with E-state index in [4.69, 9.17) is 4.74 Å². The van der Waals surface area contributed by atoms with Crippen LogP contribution in [0.15, 0.2) is 27.8 Å². The molecule has 1 aromatic heterocycles. The number of hydrogen-bond donors (Lipinski definition) is 0. The van der Waals surface area contributed by atoms with Crippen molar-refractivity contribution < 1.29 is 9.53 Å². The first-order valence-electron chi connectivity index (χ1n) is 5.05. The zero-order chi connectivity index (χ0) is 12.0. The number of halogens is 1. The molecule has 0 aromatic carbocycles. The van der Waals surface area contributed by atoms with E-state index in [1.54, 1.807) is 18.0 Å². The molecule has 0 aliphatic rings. The first-order valence-corrected chi connectivity index (χ1v) is 6.83. The van der Waals surface area contributed by atoms with E-state index in [1.807, 2.05) is 26.0 Å². The van der Waals surface area contributed by atoms with Crippen LogP contribution in [0.25, 0.3) is 0 Å². The van der Waals surface area contributed by atoms with Gasteiger partial charge in [-0.1, -0.05) is 6.92 Å². The maximum Gasteiger partial charge on any atom is 0.309 e. The highest BCUT2D eigenvalue weighted by Crippen LogP contribution is 2.26. The Balaban J connectivity index is 2.46. The SMILES string of the molecule is CCOC(=O)C(C)CSc1ncccc1Br. The van der Waals surface area contributed by atoms with Crippen molar-refractivity contribution in [1.82, 2.24) is 4.98 Å². The Hall–Kier alpha value is -0.550. The van der Waals surface area contributed by atoms with Crippen LogP contribution in [0.3, 0.4) is 0 Å². The standard InChI is InChI=1S/C11H14BrNO2S/c1-3-15-11(14)8(2)7-16-10-9(12)5-4-6-13-10/h4-6,8H,3,7H2,1-2H3. The fourth-order valence-corrected chi connectivity index (χ4v) is 2.52. The summed E-state index contributed by atoms with van der Waals surface area (Å²) < 4.78 is 5.89. The van der Waals surface area contributed by atoms with Crippen molar-refractivity contribution in [2.24, 2.45) is 5.92 Å². The molecule has 1 rings (SSSR count). The molecule has 0 amide bonds. The molecule has 1 aromatic rings. The minimum Gasteiger partial charge on any atom is -0.466 e. The van der Waals surface area contributed by atoms with Crippen molar-refractivity contribution >= 4 is 33.7 Å². The maximum absolute atomic E-state index is 11.4. The van der Waals surface area contributed by atoms with Gasteiger partial charge in [0.1, 0.15) is 5.03 Å². The molecule has 0 N–H and O–H groups in total. The van der Waals surface area contributed by atoms with Crippen molar-refractivity contribution in [1.29, 1.82) is 0 Å². The van der Waals surface area contributed by atoms with Gasteiger partial charge < -0.3 is 4.74 Å². The van der Waals surface area contributed by atoms with Gasteiger partial charge in [0.2, 0.25) is 0 Å². The minimum absolute atomic E-state index is 0.112. The zero-order valence-corrected chi connectivity index (χ0v) is 11.7. The monoisotopic (exact) mass is 303 g/mol. The summed E-state index contributed by atoms with van der Waals surface area (Å²) in [6.45, 7) is 4.11. The molecule has 5 heteroatoms. The third-order valence-electron chi connectivity index (χ3n) is 1.88. The van der Waals surface area contributed by atoms with Crippen molar-refractivity contribution in [2.75, 3.05) is 12.4 Å². The first kappa shape index (κ1) is 13.5. The van der Waals surface area contributed by atoms with Gasteiger partial charge in [0.25, 0.3) is 0 Å². The van der Waals surface area contributed by atoms with E-state index in [0.29, 0.717) is 12.4 Å². The molecule has 0 bridgehead atoms. The summed E-state index contributed by atoms with van der Waals surface area (Å²) >= 11 is 4.97. The number of pyridine rings is 1. The van der Waals surface area contributed by atoms with Crippen LogP contribution in [0.4, 0.5) is 0 Å². The highest BCUT2D eigenvalue weighted by molar-refractivity contribution is 9.10. The molecule has 0 fully saturated rings. The quantitative estimate of drug-likeness (QED) is 0.619. The lowest BCUT2D eigenvalue weighted by atomic mass is 10.2. The van der Waals surface area contributed by atoms with Gasteiger partial charge in [-0.05, 0) is 35.0 Å². The van der Waals surface area contributed by atoms with Crippen LogP contribution in [-0.2, 0) is 9.53 Å². The summed E-state index contributed by atoms with van der Waals surface area (Å²) in [4.78, 5) is 15.6. The minimum atomic E-state index is -0.151. The Kier molecular flexibility index (Phi) is 5.84. The lowest BCUT2D eigenvalue weighted by Crippen LogP contribution is -2.16. The number of nitrogens with zero attached hydrogens (tertiary/aromatic N) is 1. The third kappa shape index (κ3) is 4.14. The third-order valence-corrected chi connectivity index (χ3v) is 4.05. The van der Waals surface area contributed by atoms with Crippen LogP contribution < -0.4 is 0 Å². The Bertz CT molecular complexity index is 360. The average molecular weight is 304 g/mol. The molecule has 1 unspecified atom stereocenters. The molecule has 16 heavy (non-hydrogen) atoms. The van der Waals surface area contributed by atoms with Crippen LogP contribution in [0, 0.1) is 5.92 Å². The van der Waals surface area contributed by atoms with E-state index >= 15 is 0 Å². The molecule has 1 heterocycles. The average Bonchev–Trinajstić information content (AvgIpc) is 2.28. The second-order valence-electron chi connectivity index (χ2n) is 3.25. The fraction of sp³-hybridized carbons (Fsp3) is 0.455. The Labute approximate surface area is 108 Å². The van der Waals surface area contributed by atoms with Gasteiger partial charge in [0.15, 0.2) is 0 Å². The number of ether oxygens (including phenoxy) is 1. The Morgan fingerprint density at radius 2 is 2.44 bits per heavy atom. The molecular weight excluding hydrogens is 290 g/mol. The highest BCUT2D eigenvalue weighted by atomic mass is 79.9. The van der Waals surface area contributed by atoms with Gasteiger partial charge in [-0.2, -0.15) is 0 Å². The smallest absolute Gasteiger partial charge is 0.309 e. The number of esters is 1. The van der Waals surface area contributed by atoms with E-state index in [0.717, 1.165) is 9.50 Å². The van der Waals surface area contributed by atoms with Crippen LogP contribution in [-0.4, -0.2) is 23.3 Å². The van der Waals surface area contributed by atoms with E-state index in [9.17, 15) is 4.79 Å². The fourth-order valence-electron chi connectivity index (χ4n) is 1.03. The summed E-state index contributed by atoms with van der Waals surface area (Å²) in [6, 6.07) is 3.80. The first-order chi connectivity index (χ1) is 7.65. The summed E-state index contributed by atoms with van der Waals surface area (Å²) in [5.74, 6) is 0.412. The van der Waals surface area contributed by atoms with Crippen LogP contribution in [0.1, 0.15) is 13.8 Å². The van der Waals surface area contributed by atoms with Crippen molar-refractivity contribution in [3.8, 4) is 0 Å². The molecule has 0 saturated heterocycles. The van der Waals surface area contributed by atoms with Crippen molar-refractivity contribution in [2.45, 2.75) is 18.9 Å². The second kappa shape index (κ2) is 6.91. The molecule has 0 aliphatic heterocycles. The zero-order valence-electron chi connectivity index (χ0n) is 9.27. The maximum atomic E-state index is 11.4. The number of carbonyl (C=O) groups excluding carboxylic acids is 1. The number of aromatic nitrogens is 1. The Morgan fingerprint density at radius 1 is 1.69 bits per heavy atom. The van der Waals surface area contributed by atoms with E-state index in [2.05, 4.69) is 20.9 Å². The van der Waals surface area contributed by atoms with E-state index in [1.165, 1.54) is 0 Å². The van der Waals surface area contributed by atoms with Gasteiger partial charge in [0.05, 0.1) is 12.5 Å².